The van der Waals surface area contributed by atoms with Gasteiger partial charge in [0.25, 0.3) is 0 Å². The van der Waals surface area contributed by atoms with Crippen molar-refractivity contribution in [1.82, 2.24) is 9.97 Å². The molecule has 5 heteroatoms. The van der Waals surface area contributed by atoms with Gasteiger partial charge >= 0.3 is 0 Å². The molecular weight excluding hydrogens is 230 g/mol. The Hall–Kier alpha value is -1.20. The molecule has 0 amide bonds. The minimum atomic E-state index is 0.0999. The van der Waals surface area contributed by atoms with Crippen molar-refractivity contribution in [1.29, 1.82) is 0 Å². The van der Waals surface area contributed by atoms with Gasteiger partial charge in [0.2, 0.25) is 0 Å². The van der Waals surface area contributed by atoms with Gasteiger partial charge in [-0.1, -0.05) is 0 Å². The third-order valence-corrected chi connectivity index (χ3v) is 3.24. The first-order valence-corrected chi connectivity index (χ1v) is 6.48. The lowest BCUT2D eigenvalue weighted by atomic mass is 10.1. The SMILES string of the molecule is Cc1cnc(C)c(N2CCC(OCCO)CC2)n1. The molecule has 0 saturated carbocycles. The topological polar surface area (TPSA) is 58.5 Å². The van der Waals surface area contributed by atoms with E-state index in [1.807, 2.05) is 13.8 Å². The molecule has 1 aliphatic rings. The maximum Gasteiger partial charge on any atom is 0.150 e. The summed E-state index contributed by atoms with van der Waals surface area (Å²) in [6.07, 6.45) is 4.03. The molecular formula is C13H21N3O2. The van der Waals surface area contributed by atoms with Crippen LogP contribution < -0.4 is 4.90 Å². The maximum absolute atomic E-state index is 8.74. The monoisotopic (exact) mass is 251 g/mol. The first kappa shape index (κ1) is 13.2. The van der Waals surface area contributed by atoms with Crippen LogP contribution in [0.2, 0.25) is 0 Å². The van der Waals surface area contributed by atoms with E-state index in [-0.39, 0.29) is 12.7 Å². The fourth-order valence-electron chi connectivity index (χ4n) is 2.28. The number of aliphatic hydroxyl groups is 1. The third kappa shape index (κ3) is 3.17. The second-order valence-corrected chi connectivity index (χ2v) is 4.70. The molecule has 0 bridgehead atoms. The largest absolute Gasteiger partial charge is 0.394 e. The van der Waals surface area contributed by atoms with E-state index in [9.17, 15) is 0 Å². The summed E-state index contributed by atoms with van der Waals surface area (Å²) in [5.74, 6) is 0.996. The Bertz CT molecular complexity index is 390. The van der Waals surface area contributed by atoms with Crippen molar-refractivity contribution in [3.63, 3.8) is 0 Å². The van der Waals surface area contributed by atoms with E-state index < -0.39 is 0 Å². The van der Waals surface area contributed by atoms with Crippen LogP contribution in [0.3, 0.4) is 0 Å². The lowest BCUT2D eigenvalue weighted by Crippen LogP contribution is -2.38. The van der Waals surface area contributed by atoms with Gasteiger partial charge in [-0.05, 0) is 26.7 Å². The Kier molecular flexibility index (Phi) is 4.49. The Balaban J connectivity index is 1.94. The molecule has 0 aromatic carbocycles. The van der Waals surface area contributed by atoms with Crippen LogP contribution in [0.4, 0.5) is 5.82 Å². The number of nitrogens with zero attached hydrogens (tertiary/aromatic N) is 3. The average molecular weight is 251 g/mol. The Morgan fingerprint density at radius 2 is 2.11 bits per heavy atom. The van der Waals surface area contributed by atoms with E-state index in [1.54, 1.807) is 6.20 Å². The average Bonchev–Trinajstić information content (AvgIpc) is 2.40. The van der Waals surface area contributed by atoms with Crippen molar-refractivity contribution in [2.24, 2.45) is 0 Å². The Morgan fingerprint density at radius 3 is 2.78 bits per heavy atom. The van der Waals surface area contributed by atoms with E-state index in [0.717, 1.165) is 43.1 Å². The minimum Gasteiger partial charge on any atom is -0.394 e. The molecule has 18 heavy (non-hydrogen) atoms. The van der Waals surface area contributed by atoms with E-state index >= 15 is 0 Å². The van der Waals surface area contributed by atoms with Gasteiger partial charge in [-0.25, -0.2) is 4.98 Å². The number of hydrogen-bond acceptors (Lipinski definition) is 5. The number of piperidine rings is 1. The Labute approximate surface area is 108 Å². The lowest BCUT2D eigenvalue weighted by molar-refractivity contribution is 0.0158. The van der Waals surface area contributed by atoms with Gasteiger partial charge in [0.1, 0.15) is 5.82 Å². The zero-order chi connectivity index (χ0) is 13.0. The van der Waals surface area contributed by atoms with Crippen molar-refractivity contribution in [2.75, 3.05) is 31.2 Å². The normalized spacial score (nSPS) is 17.2. The summed E-state index contributed by atoms with van der Waals surface area (Å²) in [6, 6.07) is 0. The number of aryl methyl sites for hydroxylation is 2. The molecule has 1 saturated heterocycles. The van der Waals surface area contributed by atoms with E-state index in [1.165, 1.54) is 0 Å². The molecule has 1 aromatic rings. The number of hydrogen-bond donors (Lipinski definition) is 1. The summed E-state index contributed by atoms with van der Waals surface area (Å²) >= 11 is 0. The van der Waals surface area contributed by atoms with Crippen molar-refractivity contribution >= 4 is 5.82 Å². The Morgan fingerprint density at radius 1 is 1.39 bits per heavy atom. The standard InChI is InChI=1S/C13H21N3O2/c1-10-9-14-11(2)13(15-10)16-5-3-12(4-6-16)18-8-7-17/h9,12,17H,3-8H2,1-2H3. The number of rotatable bonds is 4. The lowest BCUT2D eigenvalue weighted by Gasteiger charge is -2.33. The summed E-state index contributed by atoms with van der Waals surface area (Å²) in [5.41, 5.74) is 1.93. The van der Waals surface area contributed by atoms with Gasteiger partial charge in [0.15, 0.2) is 0 Å². The molecule has 1 aliphatic heterocycles. The van der Waals surface area contributed by atoms with Crippen LogP contribution in [-0.4, -0.2) is 47.5 Å². The van der Waals surface area contributed by atoms with Crippen LogP contribution in [0.25, 0.3) is 0 Å². The maximum atomic E-state index is 8.74. The first-order valence-electron chi connectivity index (χ1n) is 6.48. The van der Waals surface area contributed by atoms with Crippen LogP contribution in [-0.2, 0) is 4.74 Å². The molecule has 0 radical (unpaired) electrons. The second-order valence-electron chi connectivity index (χ2n) is 4.70. The third-order valence-electron chi connectivity index (χ3n) is 3.24. The highest BCUT2D eigenvalue weighted by Gasteiger charge is 2.21. The predicted molar refractivity (Wildman–Crippen MR) is 69.8 cm³/mol. The molecule has 1 N–H and O–H groups in total. The van der Waals surface area contributed by atoms with E-state index in [4.69, 9.17) is 9.84 Å². The fraction of sp³-hybridized carbons (Fsp3) is 0.692. The van der Waals surface area contributed by atoms with Gasteiger partial charge in [0.05, 0.1) is 30.7 Å². The zero-order valence-electron chi connectivity index (χ0n) is 11.1. The summed E-state index contributed by atoms with van der Waals surface area (Å²) in [7, 11) is 0. The van der Waals surface area contributed by atoms with Gasteiger partial charge in [0, 0.05) is 19.3 Å². The molecule has 0 aliphatic carbocycles. The molecule has 1 fully saturated rings. The highest BCUT2D eigenvalue weighted by Crippen LogP contribution is 2.21. The van der Waals surface area contributed by atoms with Crippen LogP contribution in [0.1, 0.15) is 24.2 Å². The van der Waals surface area contributed by atoms with Crippen LogP contribution in [0.15, 0.2) is 6.20 Å². The van der Waals surface area contributed by atoms with Crippen molar-refractivity contribution in [3.8, 4) is 0 Å². The molecule has 0 spiro atoms. The minimum absolute atomic E-state index is 0.0999. The summed E-state index contributed by atoms with van der Waals surface area (Å²) < 4.78 is 5.56. The molecule has 2 heterocycles. The highest BCUT2D eigenvalue weighted by molar-refractivity contribution is 5.43. The van der Waals surface area contributed by atoms with Crippen molar-refractivity contribution < 1.29 is 9.84 Å². The number of ether oxygens (including phenoxy) is 1. The number of aliphatic hydroxyl groups excluding tert-OH is 1. The summed E-state index contributed by atoms with van der Waals surface area (Å²) in [5, 5.41) is 8.74. The predicted octanol–water partition coefficient (Wildman–Crippen LogP) is 1.07. The van der Waals surface area contributed by atoms with Crippen LogP contribution in [0.5, 0.6) is 0 Å². The second kappa shape index (κ2) is 6.11. The smallest absolute Gasteiger partial charge is 0.150 e. The first-order chi connectivity index (χ1) is 8.70. The van der Waals surface area contributed by atoms with E-state index in [0.29, 0.717) is 6.61 Å². The molecule has 5 nitrogen and oxygen atoms in total. The number of aromatic nitrogens is 2. The molecule has 2 rings (SSSR count). The molecule has 0 atom stereocenters. The quantitative estimate of drug-likeness (QED) is 0.867. The van der Waals surface area contributed by atoms with Crippen LogP contribution in [0, 0.1) is 13.8 Å². The van der Waals surface area contributed by atoms with Gasteiger partial charge in [-0.2, -0.15) is 0 Å². The van der Waals surface area contributed by atoms with Crippen molar-refractivity contribution in [3.05, 3.63) is 17.6 Å². The molecule has 0 unspecified atom stereocenters. The van der Waals surface area contributed by atoms with E-state index in [2.05, 4.69) is 14.9 Å². The highest BCUT2D eigenvalue weighted by atomic mass is 16.5. The van der Waals surface area contributed by atoms with Gasteiger partial charge in [-0.3, -0.25) is 4.98 Å². The van der Waals surface area contributed by atoms with Crippen molar-refractivity contribution in [2.45, 2.75) is 32.8 Å². The molecule has 1 aromatic heterocycles. The zero-order valence-corrected chi connectivity index (χ0v) is 11.1. The number of anilines is 1. The summed E-state index contributed by atoms with van der Waals surface area (Å²) in [6.45, 7) is 6.38. The van der Waals surface area contributed by atoms with Crippen LogP contribution >= 0.6 is 0 Å². The summed E-state index contributed by atoms with van der Waals surface area (Å²) in [4.78, 5) is 11.2. The fourth-order valence-corrected chi connectivity index (χ4v) is 2.28. The van der Waals surface area contributed by atoms with Gasteiger partial charge in [-0.15, -0.1) is 0 Å². The van der Waals surface area contributed by atoms with Gasteiger partial charge < -0.3 is 14.7 Å². The molecule has 100 valence electrons.